The Morgan fingerprint density at radius 1 is 1.28 bits per heavy atom. The SMILES string of the molecule is CC(C)(O)O.COC(C)(C)OC1OCCCC1=O. The average Bonchev–Trinajstić information content (AvgIpc) is 2.19. The van der Waals surface area contributed by atoms with Crippen molar-refractivity contribution in [3.8, 4) is 0 Å². The molecule has 1 rings (SSSR count). The number of rotatable bonds is 3. The van der Waals surface area contributed by atoms with Crippen LogP contribution in [0.3, 0.4) is 0 Å². The summed E-state index contributed by atoms with van der Waals surface area (Å²) in [6.07, 6.45) is 0.569. The summed E-state index contributed by atoms with van der Waals surface area (Å²) in [5.41, 5.74) is 0. The fraction of sp³-hybridized carbons (Fsp3) is 0.917. The molecule has 6 nitrogen and oxygen atoms in total. The van der Waals surface area contributed by atoms with Crippen LogP contribution in [0.2, 0.25) is 0 Å². The molecule has 1 aliphatic rings. The van der Waals surface area contributed by atoms with Gasteiger partial charge >= 0.3 is 0 Å². The van der Waals surface area contributed by atoms with E-state index >= 15 is 0 Å². The number of ether oxygens (including phenoxy) is 3. The third-order valence-corrected chi connectivity index (χ3v) is 1.98. The number of carbonyl (C=O) groups is 1. The Morgan fingerprint density at radius 2 is 1.78 bits per heavy atom. The van der Waals surface area contributed by atoms with Crippen LogP contribution in [0, 0.1) is 0 Å². The summed E-state index contributed by atoms with van der Waals surface area (Å²) in [6, 6.07) is 0. The van der Waals surface area contributed by atoms with Gasteiger partial charge in [0, 0.05) is 13.5 Å². The van der Waals surface area contributed by atoms with Gasteiger partial charge in [0.15, 0.2) is 17.4 Å². The van der Waals surface area contributed by atoms with Crippen molar-refractivity contribution in [2.45, 2.75) is 58.4 Å². The third kappa shape index (κ3) is 9.49. The fourth-order valence-electron chi connectivity index (χ4n) is 1.05. The van der Waals surface area contributed by atoms with Crippen LogP contribution in [-0.2, 0) is 19.0 Å². The number of carbonyl (C=O) groups excluding carboxylic acids is 1. The van der Waals surface area contributed by atoms with Crippen molar-refractivity contribution in [2.75, 3.05) is 13.7 Å². The van der Waals surface area contributed by atoms with E-state index in [4.69, 9.17) is 24.4 Å². The van der Waals surface area contributed by atoms with E-state index in [1.165, 1.54) is 21.0 Å². The first-order valence-corrected chi connectivity index (χ1v) is 5.87. The number of hydrogen-bond donors (Lipinski definition) is 2. The predicted molar refractivity (Wildman–Crippen MR) is 64.7 cm³/mol. The minimum atomic E-state index is -1.50. The van der Waals surface area contributed by atoms with E-state index < -0.39 is 17.9 Å². The zero-order chi connectivity index (χ0) is 14.4. The molecule has 0 radical (unpaired) electrons. The van der Waals surface area contributed by atoms with Crippen LogP contribution >= 0.6 is 0 Å². The minimum absolute atomic E-state index is 0.00336. The summed E-state index contributed by atoms with van der Waals surface area (Å²) in [5, 5.41) is 16.2. The average molecular weight is 264 g/mol. The molecule has 108 valence electrons. The van der Waals surface area contributed by atoms with Crippen LogP contribution in [0.25, 0.3) is 0 Å². The van der Waals surface area contributed by atoms with Gasteiger partial charge in [-0.3, -0.25) is 4.79 Å². The van der Waals surface area contributed by atoms with Gasteiger partial charge in [-0.05, 0) is 34.1 Å². The maximum atomic E-state index is 11.3. The van der Waals surface area contributed by atoms with Gasteiger partial charge < -0.3 is 24.4 Å². The highest BCUT2D eigenvalue weighted by molar-refractivity contribution is 5.82. The molecule has 0 aromatic rings. The van der Waals surface area contributed by atoms with Crippen molar-refractivity contribution in [3.63, 3.8) is 0 Å². The first-order valence-electron chi connectivity index (χ1n) is 5.87. The van der Waals surface area contributed by atoms with E-state index in [1.807, 2.05) is 0 Å². The van der Waals surface area contributed by atoms with Crippen LogP contribution in [0.15, 0.2) is 0 Å². The lowest BCUT2D eigenvalue weighted by Gasteiger charge is -2.30. The van der Waals surface area contributed by atoms with Gasteiger partial charge in [0.25, 0.3) is 0 Å². The number of ketones is 1. The molecule has 1 aliphatic heterocycles. The van der Waals surface area contributed by atoms with Crippen LogP contribution < -0.4 is 0 Å². The molecule has 1 fully saturated rings. The van der Waals surface area contributed by atoms with E-state index in [2.05, 4.69) is 0 Å². The highest BCUT2D eigenvalue weighted by Gasteiger charge is 2.30. The van der Waals surface area contributed by atoms with Gasteiger partial charge in [-0.2, -0.15) is 0 Å². The Kier molecular flexibility index (Phi) is 6.94. The molecule has 2 N–H and O–H groups in total. The van der Waals surface area contributed by atoms with Crippen molar-refractivity contribution in [1.82, 2.24) is 0 Å². The van der Waals surface area contributed by atoms with E-state index in [1.54, 1.807) is 13.8 Å². The molecule has 0 aromatic heterocycles. The maximum absolute atomic E-state index is 11.3. The van der Waals surface area contributed by atoms with Crippen LogP contribution in [0.4, 0.5) is 0 Å². The number of methoxy groups -OCH3 is 1. The van der Waals surface area contributed by atoms with E-state index in [0.717, 1.165) is 6.42 Å². The molecule has 0 aromatic carbocycles. The van der Waals surface area contributed by atoms with Gasteiger partial charge in [-0.15, -0.1) is 0 Å². The molecule has 0 aliphatic carbocycles. The fourth-order valence-corrected chi connectivity index (χ4v) is 1.05. The summed E-state index contributed by atoms with van der Waals surface area (Å²) in [4.78, 5) is 11.3. The molecule has 0 spiro atoms. The van der Waals surface area contributed by atoms with Crippen molar-refractivity contribution in [3.05, 3.63) is 0 Å². The molecule has 18 heavy (non-hydrogen) atoms. The zero-order valence-electron chi connectivity index (χ0n) is 11.7. The smallest absolute Gasteiger partial charge is 0.220 e. The maximum Gasteiger partial charge on any atom is 0.220 e. The second-order valence-corrected chi connectivity index (χ2v) is 4.99. The summed E-state index contributed by atoms with van der Waals surface area (Å²) in [5.74, 6) is -2.27. The lowest BCUT2D eigenvalue weighted by atomic mass is 10.2. The van der Waals surface area contributed by atoms with Crippen LogP contribution in [-0.4, -0.2) is 47.6 Å². The summed E-state index contributed by atoms with van der Waals surface area (Å²) in [6.45, 7) is 6.67. The largest absolute Gasteiger partial charge is 0.366 e. The van der Waals surface area contributed by atoms with Gasteiger partial charge in [-0.1, -0.05) is 0 Å². The quantitative estimate of drug-likeness (QED) is 0.733. The molecule has 1 unspecified atom stereocenters. The molecular weight excluding hydrogens is 240 g/mol. The van der Waals surface area contributed by atoms with Gasteiger partial charge in [0.1, 0.15) is 0 Å². The standard InChI is InChI=1S/C9H16O4.C3H8O2/c1-9(2,11-3)13-8-7(10)5-4-6-12-8;1-3(2,4)5/h8H,4-6H2,1-3H3;4-5H,1-2H3. The Balaban J connectivity index is 0.000000494. The summed E-state index contributed by atoms with van der Waals surface area (Å²) >= 11 is 0. The van der Waals surface area contributed by atoms with Gasteiger partial charge in [0.05, 0.1) is 6.61 Å². The topological polar surface area (TPSA) is 85.2 Å². The molecule has 6 heteroatoms. The number of aliphatic hydroxyl groups is 2. The molecule has 1 saturated heterocycles. The molecular formula is C12H24O6. The van der Waals surface area contributed by atoms with Crippen molar-refractivity contribution in [1.29, 1.82) is 0 Å². The lowest BCUT2D eigenvalue weighted by Crippen LogP contribution is -2.40. The normalized spacial score (nSPS) is 21.3. The van der Waals surface area contributed by atoms with E-state index in [0.29, 0.717) is 13.0 Å². The molecule has 0 saturated carbocycles. The van der Waals surface area contributed by atoms with E-state index in [9.17, 15) is 4.79 Å². The summed E-state index contributed by atoms with van der Waals surface area (Å²) < 4.78 is 15.6. The molecule has 0 amide bonds. The third-order valence-electron chi connectivity index (χ3n) is 1.98. The first-order chi connectivity index (χ1) is 8.05. The second kappa shape index (κ2) is 7.16. The van der Waals surface area contributed by atoms with Crippen molar-refractivity contribution < 1.29 is 29.2 Å². The number of hydrogen-bond acceptors (Lipinski definition) is 6. The molecule has 0 bridgehead atoms. The van der Waals surface area contributed by atoms with Gasteiger partial charge in [0.2, 0.25) is 6.29 Å². The predicted octanol–water partition coefficient (Wildman–Crippen LogP) is 0.798. The highest BCUT2D eigenvalue weighted by atomic mass is 16.8. The van der Waals surface area contributed by atoms with Gasteiger partial charge in [-0.25, -0.2) is 0 Å². The lowest BCUT2D eigenvalue weighted by molar-refractivity contribution is -0.280. The first kappa shape index (κ1) is 17.5. The Hall–Kier alpha value is -0.530. The Morgan fingerprint density at radius 3 is 2.17 bits per heavy atom. The Labute approximate surface area is 108 Å². The number of Topliss-reactive ketones (excluding diaryl/α,β-unsaturated/α-hetero) is 1. The monoisotopic (exact) mass is 264 g/mol. The van der Waals surface area contributed by atoms with Crippen LogP contribution in [0.5, 0.6) is 0 Å². The van der Waals surface area contributed by atoms with Crippen LogP contribution in [0.1, 0.15) is 40.5 Å². The van der Waals surface area contributed by atoms with Crippen molar-refractivity contribution in [2.24, 2.45) is 0 Å². The summed E-state index contributed by atoms with van der Waals surface area (Å²) in [7, 11) is 1.54. The molecule has 1 heterocycles. The second-order valence-electron chi connectivity index (χ2n) is 4.99. The molecule has 1 atom stereocenters. The van der Waals surface area contributed by atoms with Crippen molar-refractivity contribution >= 4 is 5.78 Å². The Bertz CT molecular complexity index is 250. The highest BCUT2D eigenvalue weighted by Crippen LogP contribution is 2.18. The zero-order valence-corrected chi connectivity index (χ0v) is 11.7. The minimum Gasteiger partial charge on any atom is -0.366 e. The van der Waals surface area contributed by atoms with E-state index in [-0.39, 0.29) is 5.78 Å².